The van der Waals surface area contributed by atoms with Gasteiger partial charge in [0, 0.05) is 24.2 Å². The van der Waals surface area contributed by atoms with Crippen LogP contribution in [-0.2, 0) is 4.79 Å². The molecule has 2 heteroatoms. The molecule has 0 atom stereocenters. The normalized spacial score (nSPS) is 14.0. The molecule has 2 nitrogen and oxygen atoms in total. The molecule has 0 aliphatic heterocycles. The van der Waals surface area contributed by atoms with Crippen molar-refractivity contribution in [1.82, 2.24) is 4.98 Å². The minimum atomic E-state index is 0.178. The lowest BCUT2D eigenvalue weighted by Crippen LogP contribution is -2.28. The van der Waals surface area contributed by atoms with Crippen molar-refractivity contribution in [1.29, 1.82) is 0 Å². The molecule has 1 aliphatic rings. The second-order valence-electron chi connectivity index (χ2n) is 4.88. The van der Waals surface area contributed by atoms with E-state index in [1.54, 1.807) is 6.08 Å². The number of rotatable bonds is 0. The summed E-state index contributed by atoms with van der Waals surface area (Å²) < 4.78 is 0. The fourth-order valence-corrected chi connectivity index (χ4v) is 2.73. The molecule has 4 rings (SSSR count). The Balaban J connectivity index is 2.23. The van der Waals surface area contributed by atoms with Gasteiger partial charge in [0.2, 0.25) is 0 Å². The number of carbonyl (C=O) groups is 1. The zero-order valence-electron chi connectivity index (χ0n) is 10.3. The molecule has 1 heterocycles. The van der Waals surface area contributed by atoms with Crippen molar-refractivity contribution in [2.75, 3.05) is 0 Å². The van der Waals surface area contributed by atoms with E-state index < -0.39 is 0 Å². The first-order chi connectivity index (χ1) is 9.31. The average Bonchev–Trinajstić information content (AvgIpc) is 2.45. The predicted molar refractivity (Wildman–Crippen MR) is 77.1 cm³/mol. The summed E-state index contributed by atoms with van der Waals surface area (Å²) in [5.41, 5.74) is 0. The van der Waals surface area contributed by atoms with Crippen LogP contribution in [-0.4, -0.2) is 10.8 Å². The summed E-state index contributed by atoms with van der Waals surface area (Å²) in [6.45, 7) is 0. The van der Waals surface area contributed by atoms with Gasteiger partial charge in [-0.2, -0.15) is 0 Å². The summed E-state index contributed by atoms with van der Waals surface area (Å²) in [7, 11) is 0. The third-order valence-corrected chi connectivity index (χ3v) is 3.68. The van der Waals surface area contributed by atoms with E-state index in [9.17, 15) is 4.79 Å². The number of ketones is 1. The van der Waals surface area contributed by atoms with E-state index in [1.807, 2.05) is 24.5 Å². The van der Waals surface area contributed by atoms with Gasteiger partial charge in [0.1, 0.15) is 0 Å². The largest absolute Gasteiger partial charge is 0.294 e. The maximum Gasteiger partial charge on any atom is 0.160 e. The Kier molecular flexibility index (Phi) is 2.06. The van der Waals surface area contributed by atoms with Gasteiger partial charge in [-0.15, -0.1) is 0 Å². The standard InChI is InChI=1S/C17H11NO/c19-15-4-3-11-9-17-12(7-14(11)8-15)1-2-13-10-18-6-5-16(13)17/h1-3,5-10H,4H2. The van der Waals surface area contributed by atoms with Crippen LogP contribution in [0.15, 0.2) is 42.7 Å². The monoisotopic (exact) mass is 245 g/mol. The van der Waals surface area contributed by atoms with E-state index in [2.05, 4.69) is 29.2 Å². The highest BCUT2D eigenvalue weighted by Gasteiger charge is 2.05. The molecular weight excluding hydrogens is 234 g/mol. The fraction of sp³-hybridized carbons (Fsp3) is 0.0588. The number of Topliss-reactive ketones (excluding diaryl/α,β-unsaturated/α-hetero) is 1. The maximum atomic E-state index is 11.5. The van der Waals surface area contributed by atoms with E-state index in [0.717, 1.165) is 21.2 Å². The van der Waals surface area contributed by atoms with Gasteiger partial charge in [-0.1, -0.05) is 18.2 Å². The number of aromatic nitrogens is 1. The molecule has 3 aromatic rings. The zero-order chi connectivity index (χ0) is 12.8. The number of hydrogen-bond acceptors (Lipinski definition) is 2. The van der Waals surface area contributed by atoms with Crippen LogP contribution in [0.1, 0.15) is 6.42 Å². The summed E-state index contributed by atoms with van der Waals surface area (Å²) >= 11 is 0. The first-order valence-electron chi connectivity index (χ1n) is 6.32. The Morgan fingerprint density at radius 2 is 1.84 bits per heavy atom. The maximum absolute atomic E-state index is 11.5. The van der Waals surface area contributed by atoms with E-state index in [-0.39, 0.29) is 5.78 Å². The number of fused-ring (bicyclic) bond motifs is 4. The van der Waals surface area contributed by atoms with Crippen molar-refractivity contribution in [3.05, 3.63) is 53.2 Å². The molecule has 0 amide bonds. The molecular formula is C17H11NO. The van der Waals surface area contributed by atoms with E-state index in [4.69, 9.17) is 0 Å². The second-order valence-corrected chi connectivity index (χ2v) is 4.88. The van der Waals surface area contributed by atoms with Gasteiger partial charge in [-0.3, -0.25) is 9.78 Å². The molecule has 0 saturated carbocycles. The number of benzene rings is 2. The Labute approximate surface area is 109 Å². The van der Waals surface area contributed by atoms with Crippen LogP contribution in [0.3, 0.4) is 0 Å². The molecule has 1 aromatic heterocycles. The summed E-state index contributed by atoms with van der Waals surface area (Å²) in [6.07, 6.45) is 7.96. The van der Waals surface area contributed by atoms with E-state index >= 15 is 0 Å². The van der Waals surface area contributed by atoms with Crippen LogP contribution >= 0.6 is 0 Å². The molecule has 0 saturated heterocycles. The van der Waals surface area contributed by atoms with Crippen LogP contribution in [0.4, 0.5) is 0 Å². The van der Waals surface area contributed by atoms with E-state index in [0.29, 0.717) is 6.42 Å². The van der Waals surface area contributed by atoms with Gasteiger partial charge in [0.15, 0.2) is 5.78 Å². The summed E-state index contributed by atoms with van der Waals surface area (Å²) in [5.74, 6) is 0.178. The van der Waals surface area contributed by atoms with Crippen LogP contribution < -0.4 is 10.4 Å². The van der Waals surface area contributed by atoms with Crippen molar-refractivity contribution >= 4 is 39.5 Å². The van der Waals surface area contributed by atoms with Crippen LogP contribution in [0.5, 0.6) is 0 Å². The van der Waals surface area contributed by atoms with Crippen molar-refractivity contribution < 1.29 is 4.79 Å². The fourth-order valence-electron chi connectivity index (χ4n) is 2.73. The molecule has 0 radical (unpaired) electrons. The molecule has 0 bridgehead atoms. The molecule has 1 aliphatic carbocycles. The number of hydrogen-bond donors (Lipinski definition) is 0. The molecule has 0 spiro atoms. The smallest absolute Gasteiger partial charge is 0.160 e. The SMILES string of the molecule is O=C1C=c2cc3ccc4cnccc4c3cc2=CC1. The topological polar surface area (TPSA) is 30.0 Å². The van der Waals surface area contributed by atoms with Crippen molar-refractivity contribution in [3.63, 3.8) is 0 Å². The molecule has 0 unspecified atom stereocenters. The molecule has 2 aromatic carbocycles. The Morgan fingerprint density at radius 1 is 0.947 bits per heavy atom. The summed E-state index contributed by atoms with van der Waals surface area (Å²) in [4.78, 5) is 15.6. The number of pyridine rings is 1. The Morgan fingerprint density at radius 3 is 2.79 bits per heavy atom. The lowest BCUT2D eigenvalue weighted by atomic mass is 9.99. The summed E-state index contributed by atoms with van der Waals surface area (Å²) in [5, 5.41) is 6.91. The Bertz CT molecular complexity index is 954. The van der Waals surface area contributed by atoms with Gasteiger partial charge in [-0.25, -0.2) is 0 Å². The quantitative estimate of drug-likeness (QED) is 0.566. The number of carbonyl (C=O) groups excluding carboxylic acids is 1. The van der Waals surface area contributed by atoms with Gasteiger partial charge in [-0.05, 0) is 50.9 Å². The van der Waals surface area contributed by atoms with Gasteiger partial charge < -0.3 is 0 Å². The minimum absolute atomic E-state index is 0.178. The van der Waals surface area contributed by atoms with E-state index in [1.165, 1.54) is 10.8 Å². The van der Waals surface area contributed by atoms with Crippen molar-refractivity contribution in [2.24, 2.45) is 0 Å². The lowest BCUT2D eigenvalue weighted by molar-refractivity contribution is -0.112. The van der Waals surface area contributed by atoms with Crippen LogP contribution in [0.2, 0.25) is 0 Å². The van der Waals surface area contributed by atoms with Crippen LogP contribution in [0.25, 0.3) is 33.7 Å². The van der Waals surface area contributed by atoms with Gasteiger partial charge in [0.25, 0.3) is 0 Å². The highest BCUT2D eigenvalue weighted by Crippen LogP contribution is 2.22. The predicted octanol–water partition coefficient (Wildman–Crippen LogP) is 1.92. The van der Waals surface area contributed by atoms with Crippen molar-refractivity contribution in [3.8, 4) is 0 Å². The molecule has 19 heavy (non-hydrogen) atoms. The first-order valence-corrected chi connectivity index (χ1v) is 6.32. The minimum Gasteiger partial charge on any atom is -0.294 e. The summed E-state index contributed by atoms with van der Waals surface area (Å²) in [6, 6.07) is 10.5. The first kappa shape index (κ1) is 10.4. The Hall–Kier alpha value is -2.48. The molecule has 0 N–H and O–H groups in total. The van der Waals surface area contributed by atoms with Crippen molar-refractivity contribution in [2.45, 2.75) is 6.42 Å². The average molecular weight is 245 g/mol. The third-order valence-electron chi connectivity index (χ3n) is 3.68. The molecule has 90 valence electrons. The lowest BCUT2D eigenvalue weighted by Gasteiger charge is -2.06. The third kappa shape index (κ3) is 1.57. The van der Waals surface area contributed by atoms with Gasteiger partial charge >= 0.3 is 0 Å². The zero-order valence-corrected chi connectivity index (χ0v) is 10.3. The highest BCUT2D eigenvalue weighted by atomic mass is 16.1. The molecule has 0 fully saturated rings. The highest BCUT2D eigenvalue weighted by molar-refractivity contribution is 6.11. The van der Waals surface area contributed by atoms with Gasteiger partial charge in [0.05, 0.1) is 0 Å². The second kappa shape index (κ2) is 3.75. The van der Waals surface area contributed by atoms with Crippen LogP contribution in [0, 0.1) is 0 Å². The number of nitrogens with zero attached hydrogens (tertiary/aromatic N) is 1.